The summed E-state index contributed by atoms with van der Waals surface area (Å²) in [7, 11) is 0. The van der Waals surface area contributed by atoms with Crippen molar-refractivity contribution in [1.29, 1.82) is 0 Å². The monoisotopic (exact) mass is 1640 g/mol. The van der Waals surface area contributed by atoms with Crippen molar-refractivity contribution in [2.24, 2.45) is 0 Å². The van der Waals surface area contributed by atoms with Gasteiger partial charge in [0.1, 0.15) is 22.6 Å². The summed E-state index contributed by atoms with van der Waals surface area (Å²) in [6, 6.07) is 0. The van der Waals surface area contributed by atoms with E-state index in [1.54, 1.807) is 66.8 Å². The number of unbranched alkanes of at least 4 members (excludes halogenated alkanes) is 32. The quantitative estimate of drug-likeness (QED) is 0.0368. The number of rotatable bonds is 64. The van der Waals surface area contributed by atoms with Crippen LogP contribution >= 0.6 is 0 Å². The van der Waals surface area contributed by atoms with Crippen molar-refractivity contribution in [3.05, 3.63) is 89.0 Å². The first-order chi connectivity index (χ1) is 59.0. The Hall–Kier alpha value is -5.76. The molecule has 3 aromatic heterocycles. The van der Waals surface area contributed by atoms with Crippen LogP contribution < -0.4 is 0 Å². The third kappa shape index (κ3) is 25.3. The Labute approximate surface area is 735 Å². The fourth-order valence-electron chi connectivity index (χ4n) is 21.3. The summed E-state index contributed by atoms with van der Waals surface area (Å²) in [5.41, 5.74) is 34.5. The normalized spacial score (nSPS) is 12.1. The average Bonchev–Trinajstić information content (AvgIpc) is 1.55. The summed E-state index contributed by atoms with van der Waals surface area (Å²) < 4.78 is 0. The van der Waals surface area contributed by atoms with Gasteiger partial charge in [-0.1, -0.05) is 316 Å². The molecule has 8 bridgehead atoms. The first kappa shape index (κ1) is 98.0. The molecule has 0 aliphatic carbocycles. The van der Waals surface area contributed by atoms with E-state index in [4.69, 9.17) is 29.9 Å². The van der Waals surface area contributed by atoms with Crippen LogP contribution in [0, 0.1) is 0 Å². The Kier molecular flexibility index (Phi) is 44.3. The summed E-state index contributed by atoms with van der Waals surface area (Å²) in [6.07, 6.45) is 74.3. The summed E-state index contributed by atoms with van der Waals surface area (Å²) in [6.45, 7) is 38.5. The highest BCUT2D eigenvalue weighted by molar-refractivity contribution is 6.12. The van der Waals surface area contributed by atoms with E-state index in [0.29, 0.717) is 0 Å². The van der Waals surface area contributed by atoms with Crippen LogP contribution in [0.3, 0.4) is 0 Å². The number of aromatic amines is 2. The van der Waals surface area contributed by atoms with Gasteiger partial charge in [-0.2, -0.15) is 0 Å². The zero-order valence-electron chi connectivity index (χ0n) is 80.9. The Bertz CT molecular complexity index is 3850. The third-order valence-corrected chi connectivity index (χ3v) is 27.9. The molecule has 8 heteroatoms. The van der Waals surface area contributed by atoms with Gasteiger partial charge in [-0.25, -0.2) is 29.9 Å². The van der Waals surface area contributed by atoms with Crippen LogP contribution in [0.1, 0.15) is 508 Å². The fraction of sp³-hybridized carbons (Fsp3) is 0.714. The van der Waals surface area contributed by atoms with Gasteiger partial charge in [0.15, 0.2) is 23.3 Å². The van der Waals surface area contributed by atoms with E-state index >= 15 is 0 Å². The molecule has 0 atom stereocenters. The van der Waals surface area contributed by atoms with Crippen LogP contribution in [-0.4, -0.2) is 39.9 Å². The van der Waals surface area contributed by atoms with Crippen molar-refractivity contribution in [1.82, 2.24) is 39.9 Å². The summed E-state index contributed by atoms with van der Waals surface area (Å²) in [5, 5.41) is 5.32. The topological polar surface area (TPSA) is 109 Å². The zero-order valence-corrected chi connectivity index (χ0v) is 80.9. The van der Waals surface area contributed by atoms with Crippen LogP contribution in [0.5, 0.6) is 0 Å². The number of benzene rings is 4. The van der Waals surface area contributed by atoms with Gasteiger partial charge in [-0.15, -0.1) is 0 Å². The predicted molar refractivity (Wildman–Crippen MR) is 528 cm³/mol. The predicted octanol–water partition coefficient (Wildman–Crippen LogP) is 34.6. The minimum Gasteiger partial charge on any atom is -0.324 e. The van der Waals surface area contributed by atoms with Crippen molar-refractivity contribution < 1.29 is 0 Å². The van der Waals surface area contributed by atoms with Crippen molar-refractivity contribution >= 4 is 44.1 Å². The van der Waals surface area contributed by atoms with Gasteiger partial charge in [0, 0.05) is 43.8 Å². The van der Waals surface area contributed by atoms with Gasteiger partial charge in [0.05, 0.1) is 0 Å². The van der Waals surface area contributed by atoms with Gasteiger partial charge >= 0.3 is 0 Å². The lowest BCUT2D eigenvalue weighted by Crippen LogP contribution is -2.11. The molecular weight excluding hydrogens is 1460 g/mol. The van der Waals surface area contributed by atoms with Crippen LogP contribution in [0.4, 0.5) is 0 Å². The molecule has 2 aliphatic heterocycles. The van der Waals surface area contributed by atoms with Crippen molar-refractivity contribution in [3.8, 4) is 45.6 Å². The van der Waals surface area contributed by atoms with Crippen LogP contribution in [0.25, 0.3) is 89.7 Å². The second-order valence-corrected chi connectivity index (χ2v) is 37.6. The lowest BCUT2D eigenvalue weighted by Gasteiger charge is -2.24. The molecule has 120 heavy (non-hydrogen) atoms. The Morgan fingerprint density at radius 3 is 0.383 bits per heavy atom. The molecule has 0 saturated carbocycles. The highest BCUT2D eigenvalue weighted by Gasteiger charge is 2.36. The minimum atomic E-state index is 0.876. The highest BCUT2D eigenvalue weighted by Crippen LogP contribution is 2.51. The lowest BCUT2D eigenvalue weighted by atomic mass is 9.79. The molecule has 0 radical (unpaired) electrons. The average molecular weight is 1640 g/mol. The third-order valence-electron chi connectivity index (χ3n) is 27.9. The summed E-state index contributed by atoms with van der Waals surface area (Å²) >= 11 is 0. The van der Waals surface area contributed by atoms with Gasteiger partial charge in [0.25, 0.3) is 0 Å². The van der Waals surface area contributed by atoms with E-state index in [0.717, 1.165) is 200 Å². The van der Waals surface area contributed by atoms with Gasteiger partial charge in [-0.05, 0) is 294 Å². The van der Waals surface area contributed by atoms with Crippen molar-refractivity contribution in [2.75, 3.05) is 0 Å². The number of nitrogens with zero attached hydrogens (tertiary/aromatic N) is 6. The maximum absolute atomic E-state index is 6.61. The standard InChI is InChI=1S/C112H178N8/c1-17-33-49-65-81-82(66-50-34-18-2)90(74-58-42-26-10)98-97(89(81)73-57-41-25-9)105-113-106(98)118-108-101-93(77-61-45-29-13)85(69-53-37-21-5)86(70-54-38-22-6)94(78-62-46-30-14)102(101)110(115-108)120-112-104-96(80-64-48-32-16)88(72-56-40-24-8)87(71-55-39-23-7)95(79-63-47-31-15)103(104)111(116-112)119-109-100-92(76-60-44-28-12)84(68-52-36-20-4)83(67-51-35-19-3)91(75-59-43-27-11)99(100)107(114-109)117-105/h17-80H2,1-16H3,(H2,113,114,115,116,117,118,119,120). The number of aromatic nitrogens is 8. The SMILES string of the molecule is CCCCCc1c(CCCCC)c(CCCCC)c2c(c1CCCCC)-c1nc-2nc2[nH]c(nc3nc(nc4[nH]c(n1)c1c(CCCCC)c(CCCCC)c(CCCCC)c(CCCCC)c41)-c1c(CCCCC)c(CCCCC)c(CCCCC)c(CCCCC)c1-3)c1c(CCCCC)c(CCCCC)c(CCCCC)c(CCCCC)c21. The molecule has 2 N–H and O–H groups in total. The molecule has 2 aliphatic rings. The van der Waals surface area contributed by atoms with E-state index in [2.05, 4.69) is 121 Å². The first-order valence-corrected chi connectivity index (χ1v) is 52.7. The molecular formula is C112H178N8. The van der Waals surface area contributed by atoms with Gasteiger partial charge in [-0.3, -0.25) is 0 Å². The Morgan fingerprint density at radius 2 is 0.250 bits per heavy atom. The van der Waals surface area contributed by atoms with E-state index in [1.165, 1.54) is 323 Å². The molecule has 9 rings (SSSR count). The number of nitrogens with one attached hydrogen (secondary N) is 2. The molecule has 7 aromatic rings. The number of hydrogen-bond donors (Lipinski definition) is 2. The van der Waals surface area contributed by atoms with Crippen LogP contribution in [0.2, 0.25) is 0 Å². The number of aryl methyl sites for hydroxylation is 4. The zero-order chi connectivity index (χ0) is 85.4. The molecule has 5 heterocycles. The number of fused-ring (bicyclic) bond motifs is 20. The van der Waals surface area contributed by atoms with Crippen molar-refractivity contribution in [2.45, 2.75) is 522 Å². The van der Waals surface area contributed by atoms with E-state index in [9.17, 15) is 0 Å². The largest absolute Gasteiger partial charge is 0.324 e. The molecule has 0 spiro atoms. The second-order valence-electron chi connectivity index (χ2n) is 37.6. The van der Waals surface area contributed by atoms with E-state index < -0.39 is 0 Å². The van der Waals surface area contributed by atoms with E-state index in [1.807, 2.05) is 0 Å². The summed E-state index contributed by atoms with van der Waals surface area (Å²) in [4.78, 5) is 48.2. The molecule has 8 nitrogen and oxygen atoms in total. The lowest BCUT2D eigenvalue weighted by molar-refractivity contribution is 0.667. The van der Waals surface area contributed by atoms with Gasteiger partial charge in [0.2, 0.25) is 0 Å². The minimum absolute atomic E-state index is 0.876. The summed E-state index contributed by atoms with van der Waals surface area (Å²) in [5.74, 6) is 3.50. The fourth-order valence-corrected chi connectivity index (χ4v) is 21.3. The molecule has 666 valence electrons. The second kappa shape index (κ2) is 54.2. The Morgan fingerprint density at radius 1 is 0.133 bits per heavy atom. The van der Waals surface area contributed by atoms with Crippen LogP contribution in [0.15, 0.2) is 0 Å². The molecule has 0 fully saturated rings. The Balaban J connectivity index is 1.76. The first-order valence-electron chi connectivity index (χ1n) is 52.7. The van der Waals surface area contributed by atoms with Crippen LogP contribution in [-0.2, 0) is 103 Å². The molecule has 4 aromatic carbocycles. The maximum Gasteiger partial charge on any atom is 0.165 e. The highest BCUT2D eigenvalue weighted by atomic mass is 15.1. The van der Waals surface area contributed by atoms with Crippen molar-refractivity contribution in [3.63, 3.8) is 0 Å². The van der Waals surface area contributed by atoms with E-state index in [-0.39, 0.29) is 0 Å². The number of hydrogen-bond acceptors (Lipinski definition) is 6. The molecule has 0 unspecified atom stereocenters. The van der Waals surface area contributed by atoms with Gasteiger partial charge < -0.3 is 9.97 Å². The number of H-pyrrole nitrogens is 2. The molecule has 0 saturated heterocycles. The smallest absolute Gasteiger partial charge is 0.165 e. The molecule has 0 amide bonds. The maximum atomic E-state index is 6.61.